The first-order valence-electron chi connectivity index (χ1n) is 7.96. The molecule has 1 aromatic carbocycles. The van der Waals surface area contributed by atoms with Crippen molar-refractivity contribution in [3.8, 4) is 0 Å². The Labute approximate surface area is 127 Å². The van der Waals surface area contributed by atoms with Gasteiger partial charge in [-0.25, -0.2) is 0 Å². The molecule has 21 heavy (non-hydrogen) atoms. The van der Waals surface area contributed by atoms with Crippen molar-refractivity contribution in [1.82, 2.24) is 4.90 Å². The van der Waals surface area contributed by atoms with Crippen molar-refractivity contribution in [3.63, 3.8) is 0 Å². The van der Waals surface area contributed by atoms with Crippen molar-refractivity contribution in [2.24, 2.45) is 0 Å². The Kier molecular flexibility index (Phi) is 6.05. The van der Waals surface area contributed by atoms with Gasteiger partial charge in [0.05, 0.1) is 6.42 Å². The van der Waals surface area contributed by atoms with Crippen LogP contribution in [0, 0.1) is 0 Å². The molecule has 0 spiro atoms. The second-order valence-electron chi connectivity index (χ2n) is 5.69. The summed E-state index contributed by atoms with van der Waals surface area (Å²) in [6.45, 7) is 6.18. The van der Waals surface area contributed by atoms with Gasteiger partial charge in [0.2, 0.25) is 0 Å². The Hall–Kier alpha value is -1.55. The van der Waals surface area contributed by atoms with E-state index in [0.29, 0.717) is 12.6 Å². The molecule has 1 aromatic rings. The summed E-state index contributed by atoms with van der Waals surface area (Å²) in [5.74, 6) is -0.722. The van der Waals surface area contributed by atoms with Crippen LogP contribution in [0.4, 0.5) is 5.69 Å². The minimum absolute atomic E-state index is 0.197. The molecule has 0 saturated carbocycles. The zero-order valence-corrected chi connectivity index (χ0v) is 12.9. The van der Waals surface area contributed by atoms with E-state index in [1.807, 2.05) is 18.2 Å². The molecular formula is C17H26N2O2. The number of rotatable bonds is 6. The molecule has 116 valence electrons. The predicted octanol–water partition coefficient (Wildman–Crippen LogP) is 2.84. The largest absolute Gasteiger partial charge is 0.481 e. The van der Waals surface area contributed by atoms with Crippen LogP contribution in [0.3, 0.4) is 0 Å². The highest BCUT2D eigenvalue weighted by atomic mass is 16.4. The van der Waals surface area contributed by atoms with Gasteiger partial charge in [0.1, 0.15) is 0 Å². The van der Waals surface area contributed by atoms with Crippen LogP contribution in [0.25, 0.3) is 0 Å². The van der Waals surface area contributed by atoms with Crippen molar-refractivity contribution in [2.75, 3.05) is 31.1 Å². The Morgan fingerprint density at radius 1 is 1.29 bits per heavy atom. The second-order valence-corrected chi connectivity index (χ2v) is 5.69. The summed E-state index contributed by atoms with van der Waals surface area (Å²) in [4.78, 5) is 15.7. The first-order valence-corrected chi connectivity index (χ1v) is 7.96. The Morgan fingerprint density at radius 2 is 2.05 bits per heavy atom. The van der Waals surface area contributed by atoms with Crippen LogP contribution in [0.1, 0.15) is 32.6 Å². The lowest BCUT2D eigenvalue weighted by molar-refractivity contribution is -0.136. The normalized spacial score (nSPS) is 20.0. The van der Waals surface area contributed by atoms with Gasteiger partial charge in [0.15, 0.2) is 0 Å². The summed E-state index contributed by atoms with van der Waals surface area (Å²) in [6, 6.07) is 10.7. The maximum Gasteiger partial charge on any atom is 0.305 e. The molecular weight excluding hydrogens is 264 g/mol. The van der Waals surface area contributed by atoms with E-state index in [1.165, 1.54) is 6.42 Å². The van der Waals surface area contributed by atoms with Crippen molar-refractivity contribution in [3.05, 3.63) is 30.3 Å². The van der Waals surface area contributed by atoms with E-state index in [4.69, 9.17) is 5.11 Å². The monoisotopic (exact) mass is 290 g/mol. The first-order chi connectivity index (χ1) is 10.2. The third-order valence-corrected chi connectivity index (χ3v) is 4.33. The van der Waals surface area contributed by atoms with Gasteiger partial charge < -0.3 is 14.9 Å². The fourth-order valence-electron chi connectivity index (χ4n) is 3.12. The average Bonchev–Trinajstić information content (AvgIpc) is 2.74. The van der Waals surface area contributed by atoms with Gasteiger partial charge in [-0.05, 0) is 44.5 Å². The average molecular weight is 290 g/mol. The van der Waals surface area contributed by atoms with E-state index in [2.05, 4.69) is 28.9 Å². The van der Waals surface area contributed by atoms with Crippen LogP contribution < -0.4 is 4.90 Å². The molecule has 1 saturated heterocycles. The van der Waals surface area contributed by atoms with Crippen LogP contribution >= 0.6 is 0 Å². The third-order valence-electron chi connectivity index (χ3n) is 4.33. The minimum atomic E-state index is -0.722. The first kappa shape index (κ1) is 15.8. The highest BCUT2D eigenvalue weighted by molar-refractivity contribution is 5.67. The Balaban J connectivity index is 2.09. The van der Waals surface area contributed by atoms with E-state index >= 15 is 0 Å². The number of benzene rings is 1. The number of anilines is 1. The van der Waals surface area contributed by atoms with Crippen LogP contribution in [0.15, 0.2) is 30.3 Å². The van der Waals surface area contributed by atoms with Gasteiger partial charge in [0, 0.05) is 24.8 Å². The van der Waals surface area contributed by atoms with Gasteiger partial charge in [-0.2, -0.15) is 0 Å². The molecule has 1 atom stereocenters. The van der Waals surface area contributed by atoms with Crippen molar-refractivity contribution in [1.29, 1.82) is 0 Å². The molecule has 0 amide bonds. The molecule has 1 aliphatic heterocycles. The molecule has 1 aliphatic rings. The summed E-state index contributed by atoms with van der Waals surface area (Å²) < 4.78 is 0. The van der Waals surface area contributed by atoms with E-state index in [9.17, 15) is 4.79 Å². The van der Waals surface area contributed by atoms with Crippen molar-refractivity contribution >= 4 is 11.7 Å². The number of carbonyl (C=O) groups is 1. The quantitative estimate of drug-likeness (QED) is 0.875. The number of aliphatic carboxylic acids is 1. The minimum Gasteiger partial charge on any atom is -0.481 e. The molecule has 2 rings (SSSR count). The van der Waals surface area contributed by atoms with Crippen LogP contribution in [0.5, 0.6) is 0 Å². The number of likely N-dealkylation sites (tertiary alicyclic amines) is 1. The van der Waals surface area contributed by atoms with Gasteiger partial charge in [-0.1, -0.05) is 25.1 Å². The van der Waals surface area contributed by atoms with Crippen LogP contribution in [-0.2, 0) is 4.79 Å². The lowest BCUT2D eigenvalue weighted by Gasteiger charge is -2.33. The summed E-state index contributed by atoms with van der Waals surface area (Å²) in [6.07, 6.45) is 3.64. The highest BCUT2D eigenvalue weighted by Gasteiger charge is 2.22. The molecule has 4 nitrogen and oxygen atoms in total. The zero-order valence-electron chi connectivity index (χ0n) is 12.9. The number of hydrogen-bond acceptors (Lipinski definition) is 3. The number of carboxylic acid groups (broad SMARTS) is 1. The smallest absolute Gasteiger partial charge is 0.305 e. The van der Waals surface area contributed by atoms with E-state index in [0.717, 1.165) is 38.2 Å². The lowest BCUT2D eigenvalue weighted by Crippen LogP contribution is -2.37. The molecule has 0 aliphatic carbocycles. The highest BCUT2D eigenvalue weighted by Crippen LogP contribution is 2.24. The number of hydrogen-bond donors (Lipinski definition) is 1. The van der Waals surface area contributed by atoms with Crippen LogP contribution in [-0.4, -0.2) is 48.2 Å². The molecule has 0 bridgehead atoms. The maximum absolute atomic E-state index is 10.9. The summed E-state index contributed by atoms with van der Waals surface area (Å²) in [5, 5.41) is 9.01. The SMILES string of the molecule is CCN1CCCC(N(CCC(=O)O)c2ccccc2)CC1. The molecule has 1 fully saturated rings. The van der Waals surface area contributed by atoms with Crippen molar-refractivity contribution < 1.29 is 9.90 Å². The Bertz CT molecular complexity index is 436. The number of nitrogens with zero attached hydrogens (tertiary/aromatic N) is 2. The second kappa shape index (κ2) is 8.03. The van der Waals surface area contributed by atoms with Gasteiger partial charge in [-0.3, -0.25) is 4.79 Å². The molecule has 1 N–H and O–H groups in total. The predicted molar refractivity (Wildman–Crippen MR) is 85.8 cm³/mol. The van der Waals surface area contributed by atoms with E-state index < -0.39 is 5.97 Å². The molecule has 1 heterocycles. The Morgan fingerprint density at radius 3 is 2.71 bits per heavy atom. The standard InChI is InChI=1S/C17H26N2O2/c1-2-18-12-6-9-16(10-13-18)19(14-11-17(20)21)15-7-4-3-5-8-15/h3-5,7-8,16H,2,6,9-14H2,1H3,(H,20,21). The summed E-state index contributed by atoms with van der Waals surface area (Å²) in [5.41, 5.74) is 1.15. The zero-order chi connectivity index (χ0) is 15.1. The summed E-state index contributed by atoms with van der Waals surface area (Å²) >= 11 is 0. The number of carboxylic acids is 1. The van der Waals surface area contributed by atoms with E-state index in [-0.39, 0.29) is 6.42 Å². The fourth-order valence-corrected chi connectivity index (χ4v) is 3.12. The third kappa shape index (κ3) is 4.74. The lowest BCUT2D eigenvalue weighted by atomic mass is 10.1. The molecule has 1 unspecified atom stereocenters. The topological polar surface area (TPSA) is 43.8 Å². The molecule has 0 radical (unpaired) electrons. The summed E-state index contributed by atoms with van der Waals surface area (Å²) in [7, 11) is 0. The maximum atomic E-state index is 10.9. The number of para-hydroxylation sites is 1. The van der Waals surface area contributed by atoms with Gasteiger partial charge in [0.25, 0.3) is 0 Å². The van der Waals surface area contributed by atoms with Gasteiger partial charge >= 0.3 is 5.97 Å². The molecule has 0 aromatic heterocycles. The van der Waals surface area contributed by atoms with Crippen molar-refractivity contribution in [2.45, 2.75) is 38.6 Å². The fraction of sp³-hybridized carbons (Fsp3) is 0.588. The van der Waals surface area contributed by atoms with Crippen LogP contribution in [0.2, 0.25) is 0 Å². The van der Waals surface area contributed by atoms with E-state index in [1.54, 1.807) is 0 Å². The molecule has 4 heteroatoms. The van der Waals surface area contributed by atoms with Gasteiger partial charge in [-0.15, -0.1) is 0 Å².